The Morgan fingerprint density at radius 1 is 1.53 bits per heavy atom. The molecule has 4 heteroatoms. The summed E-state index contributed by atoms with van der Waals surface area (Å²) in [6, 6.07) is 0. The topological polar surface area (TPSA) is 42.2 Å². The third-order valence-electron chi connectivity index (χ3n) is 2.75. The maximum Gasteiger partial charge on any atom is 0.185 e. The Hall–Kier alpha value is -0.610. The molecular formula is C11H19N3S. The Morgan fingerprint density at radius 2 is 2.27 bits per heavy atom. The maximum atomic E-state index is 5.76. The molecule has 1 saturated carbocycles. The Bertz CT molecular complexity index is 331. The minimum atomic E-state index is 0.642. The van der Waals surface area contributed by atoms with E-state index in [9.17, 15) is 0 Å². The van der Waals surface area contributed by atoms with Gasteiger partial charge in [0.2, 0.25) is 0 Å². The van der Waals surface area contributed by atoms with Gasteiger partial charge in [0.15, 0.2) is 5.13 Å². The number of rotatable bonds is 5. The Kier molecular flexibility index (Phi) is 3.26. The molecule has 3 nitrogen and oxygen atoms in total. The van der Waals surface area contributed by atoms with Crippen LogP contribution in [-0.4, -0.2) is 18.6 Å². The van der Waals surface area contributed by atoms with Gasteiger partial charge < -0.3 is 10.6 Å². The normalized spacial score (nSPS) is 15.7. The third-order valence-corrected chi connectivity index (χ3v) is 3.96. The van der Waals surface area contributed by atoms with Gasteiger partial charge in [-0.3, -0.25) is 0 Å². The van der Waals surface area contributed by atoms with Gasteiger partial charge in [0.25, 0.3) is 0 Å². The van der Waals surface area contributed by atoms with E-state index in [0.29, 0.717) is 12.5 Å². The Labute approximate surface area is 95.3 Å². The first kappa shape index (κ1) is 10.9. The summed E-state index contributed by atoms with van der Waals surface area (Å²) in [7, 11) is 2.11. The van der Waals surface area contributed by atoms with Crippen molar-refractivity contribution >= 4 is 16.5 Å². The average Bonchev–Trinajstić information content (AvgIpc) is 2.98. The molecule has 2 N–H and O–H groups in total. The first-order chi connectivity index (χ1) is 7.26. The molecule has 15 heavy (non-hydrogen) atoms. The molecule has 2 rings (SSSR count). The van der Waals surface area contributed by atoms with Crippen LogP contribution in [0, 0.1) is 0 Å². The quantitative estimate of drug-likeness (QED) is 0.836. The molecule has 0 aliphatic heterocycles. The van der Waals surface area contributed by atoms with Gasteiger partial charge in [-0.15, -0.1) is 11.3 Å². The highest BCUT2D eigenvalue weighted by molar-refractivity contribution is 7.15. The van der Waals surface area contributed by atoms with E-state index < -0.39 is 0 Å². The molecule has 0 unspecified atom stereocenters. The smallest absolute Gasteiger partial charge is 0.185 e. The van der Waals surface area contributed by atoms with Crippen molar-refractivity contribution in [2.75, 3.05) is 18.5 Å². The molecule has 1 fully saturated rings. The number of hydrogen-bond acceptors (Lipinski definition) is 4. The van der Waals surface area contributed by atoms with Gasteiger partial charge in [-0.25, -0.2) is 4.98 Å². The molecule has 0 amide bonds. The van der Waals surface area contributed by atoms with Crippen LogP contribution >= 0.6 is 11.3 Å². The lowest BCUT2D eigenvalue weighted by Gasteiger charge is -2.13. The van der Waals surface area contributed by atoms with Crippen LogP contribution in [0.1, 0.15) is 42.7 Å². The average molecular weight is 225 g/mol. The first-order valence-corrected chi connectivity index (χ1v) is 6.48. The Balaban J connectivity index is 2.17. The number of thiazole rings is 1. The van der Waals surface area contributed by atoms with Gasteiger partial charge in [0, 0.05) is 30.9 Å². The fourth-order valence-electron chi connectivity index (χ4n) is 1.77. The molecule has 0 atom stereocenters. The van der Waals surface area contributed by atoms with Gasteiger partial charge in [0.1, 0.15) is 0 Å². The molecule has 1 aromatic heterocycles. The zero-order valence-electron chi connectivity index (χ0n) is 9.49. The van der Waals surface area contributed by atoms with E-state index >= 15 is 0 Å². The van der Waals surface area contributed by atoms with Crippen molar-refractivity contribution in [1.82, 2.24) is 4.98 Å². The number of nitrogens with zero attached hydrogens (tertiary/aromatic N) is 2. The summed E-state index contributed by atoms with van der Waals surface area (Å²) in [5.74, 6) is 0.712. The fraction of sp³-hybridized carbons (Fsp3) is 0.727. The number of nitrogens with two attached hydrogens (primary N) is 1. The van der Waals surface area contributed by atoms with Crippen molar-refractivity contribution in [3.05, 3.63) is 10.6 Å². The van der Waals surface area contributed by atoms with E-state index in [0.717, 1.165) is 18.1 Å². The van der Waals surface area contributed by atoms with Crippen LogP contribution in [0.4, 0.5) is 5.13 Å². The van der Waals surface area contributed by atoms with E-state index in [4.69, 9.17) is 10.7 Å². The number of anilines is 1. The fourth-order valence-corrected chi connectivity index (χ4v) is 2.78. The van der Waals surface area contributed by atoms with Crippen LogP contribution in [0.5, 0.6) is 0 Å². The lowest BCUT2D eigenvalue weighted by atomic mass is 10.2. The minimum Gasteiger partial charge on any atom is -0.351 e. The zero-order chi connectivity index (χ0) is 10.8. The van der Waals surface area contributed by atoms with Gasteiger partial charge in [-0.1, -0.05) is 6.92 Å². The van der Waals surface area contributed by atoms with Crippen molar-refractivity contribution in [1.29, 1.82) is 0 Å². The molecule has 1 heterocycles. The molecule has 0 saturated heterocycles. The molecule has 0 aromatic carbocycles. The monoisotopic (exact) mass is 225 g/mol. The molecule has 0 radical (unpaired) electrons. The highest BCUT2D eigenvalue weighted by atomic mass is 32.1. The molecule has 0 spiro atoms. The second-order valence-electron chi connectivity index (χ2n) is 4.20. The molecule has 1 aliphatic carbocycles. The van der Waals surface area contributed by atoms with Gasteiger partial charge >= 0.3 is 0 Å². The Morgan fingerprint density at radius 3 is 2.80 bits per heavy atom. The van der Waals surface area contributed by atoms with E-state index in [1.54, 1.807) is 11.3 Å². The summed E-state index contributed by atoms with van der Waals surface area (Å²) < 4.78 is 0. The van der Waals surface area contributed by atoms with Gasteiger partial charge in [0.05, 0.1) is 5.69 Å². The van der Waals surface area contributed by atoms with Crippen molar-refractivity contribution in [2.24, 2.45) is 5.73 Å². The maximum absolute atomic E-state index is 5.76. The summed E-state index contributed by atoms with van der Waals surface area (Å²) in [6.07, 6.45) is 3.76. The highest BCUT2D eigenvalue weighted by Crippen LogP contribution is 2.43. The van der Waals surface area contributed by atoms with Crippen LogP contribution in [0.15, 0.2) is 0 Å². The van der Waals surface area contributed by atoms with E-state index in [1.807, 2.05) is 0 Å². The highest BCUT2D eigenvalue weighted by Gasteiger charge is 2.29. The number of aromatic nitrogens is 1. The van der Waals surface area contributed by atoms with Gasteiger partial charge in [-0.05, 0) is 19.3 Å². The standard InChI is InChI=1S/C11H19N3S/c1-3-6-14(2)11-13-10(8-4-5-8)9(7-12)15-11/h8H,3-7,12H2,1-2H3. The largest absolute Gasteiger partial charge is 0.351 e. The summed E-state index contributed by atoms with van der Waals surface area (Å²) in [6.45, 7) is 3.90. The summed E-state index contributed by atoms with van der Waals surface area (Å²) >= 11 is 1.77. The van der Waals surface area contributed by atoms with E-state index in [1.165, 1.54) is 23.4 Å². The summed E-state index contributed by atoms with van der Waals surface area (Å²) in [5.41, 5.74) is 7.03. The van der Waals surface area contributed by atoms with Crippen molar-refractivity contribution < 1.29 is 0 Å². The first-order valence-electron chi connectivity index (χ1n) is 5.67. The molecule has 0 bridgehead atoms. The lowest BCUT2D eigenvalue weighted by Crippen LogP contribution is -2.17. The summed E-state index contributed by atoms with van der Waals surface area (Å²) in [4.78, 5) is 8.25. The van der Waals surface area contributed by atoms with E-state index in [-0.39, 0.29) is 0 Å². The van der Waals surface area contributed by atoms with Gasteiger partial charge in [-0.2, -0.15) is 0 Å². The molecule has 1 aromatic rings. The molecule has 1 aliphatic rings. The molecular weight excluding hydrogens is 206 g/mol. The predicted octanol–water partition coefficient (Wildman–Crippen LogP) is 2.33. The van der Waals surface area contributed by atoms with Crippen molar-refractivity contribution in [3.8, 4) is 0 Å². The van der Waals surface area contributed by atoms with Crippen molar-refractivity contribution in [2.45, 2.75) is 38.6 Å². The van der Waals surface area contributed by atoms with Crippen LogP contribution in [0.3, 0.4) is 0 Å². The number of hydrogen-bond donors (Lipinski definition) is 1. The SMILES string of the molecule is CCCN(C)c1nc(C2CC2)c(CN)s1. The lowest BCUT2D eigenvalue weighted by molar-refractivity contribution is 0.842. The minimum absolute atomic E-state index is 0.642. The third kappa shape index (κ3) is 2.32. The molecule has 84 valence electrons. The van der Waals surface area contributed by atoms with Crippen LogP contribution in [0.25, 0.3) is 0 Å². The van der Waals surface area contributed by atoms with Crippen LogP contribution in [-0.2, 0) is 6.54 Å². The van der Waals surface area contributed by atoms with Crippen LogP contribution in [0.2, 0.25) is 0 Å². The second-order valence-corrected chi connectivity index (χ2v) is 5.27. The van der Waals surface area contributed by atoms with E-state index in [2.05, 4.69) is 18.9 Å². The second kappa shape index (κ2) is 4.49. The van der Waals surface area contributed by atoms with Crippen LogP contribution < -0.4 is 10.6 Å². The van der Waals surface area contributed by atoms with Crippen molar-refractivity contribution in [3.63, 3.8) is 0 Å². The zero-order valence-corrected chi connectivity index (χ0v) is 10.3. The summed E-state index contributed by atoms with van der Waals surface area (Å²) in [5, 5.41) is 1.14. The predicted molar refractivity (Wildman–Crippen MR) is 65.5 cm³/mol.